The van der Waals surface area contributed by atoms with E-state index in [1.54, 1.807) is 56.1 Å². The number of carbonyl (C=O) groups is 2. The van der Waals surface area contributed by atoms with Crippen LogP contribution in [0.25, 0.3) is 11.3 Å². The molecule has 4 rings (SSSR count). The number of aromatic nitrogens is 1. The van der Waals surface area contributed by atoms with Crippen molar-refractivity contribution < 1.29 is 23.1 Å². The van der Waals surface area contributed by atoms with Crippen LogP contribution in [-0.4, -0.2) is 63.7 Å². The van der Waals surface area contributed by atoms with Gasteiger partial charge in [-0.25, -0.2) is 14.2 Å². The zero-order valence-electron chi connectivity index (χ0n) is 18.1. The molecule has 2 unspecified atom stereocenters. The second-order valence-electron chi connectivity index (χ2n) is 9.19. The van der Waals surface area contributed by atoms with Gasteiger partial charge in [0.05, 0.1) is 18.8 Å². The van der Waals surface area contributed by atoms with E-state index >= 15 is 4.39 Å². The Bertz CT molecular complexity index is 919. The summed E-state index contributed by atoms with van der Waals surface area (Å²) in [4.78, 5) is 32.6. The van der Waals surface area contributed by atoms with Crippen LogP contribution in [0, 0.1) is 0 Å². The van der Waals surface area contributed by atoms with Crippen molar-refractivity contribution in [1.82, 2.24) is 14.8 Å². The molecule has 7 nitrogen and oxygen atoms in total. The molecule has 1 saturated heterocycles. The van der Waals surface area contributed by atoms with Crippen LogP contribution in [0.3, 0.4) is 0 Å². The summed E-state index contributed by atoms with van der Waals surface area (Å²) >= 11 is 0. The van der Waals surface area contributed by atoms with E-state index in [2.05, 4.69) is 4.98 Å². The summed E-state index contributed by atoms with van der Waals surface area (Å²) in [5.41, 5.74) is 0.700. The normalized spacial score (nSPS) is 21.6. The Hall–Kier alpha value is -2.90. The highest BCUT2D eigenvalue weighted by atomic mass is 19.1. The fraction of sp³-hybridized carbons (Fsp3) is 0.522. The van der Waals surface area contributed by atoms with Crippen molar-refractivity contribution in [2.45, 2.75) is 63.9 Å². The van der Waals surface area contributed by atoms with Gasteiger partial charge in [0.15, 0.2) is 12.2 Å². The molecule has 2 heterocycles. The molecule has 2 aliphatic rings. The van der Waals surface area contributed by atoms with E-state index in [0.717, 1.165) is 18.4 Å². The average molecular weight is 429 g/mol. The summed E-state index contributed by atoms with van der Waals surface area (Å²) in [6.45, 7) is 5.64. The van der Waals surface area contributed by atoms with Crippen LogP contribution < -0.4 is 0 Å². The molecule has 31 heavy (non-hydrogen) atoms. The minimum absolute atomic E-state index is 0.0535. The maximum Gasteiger partial charge on any atom is 0.410 e. The fourth-order valence-electron chi connectivity index (χ4n) is 3.92. The quantitative estimate of drug-likeness (QED) is 0.725. The first-order valence-electron chi connectivity index (χ1n) is 10.7. The van der Waals surface area contributed by atoms with Gasteiger partial charge in [-0.05, 0) is 52.2 Å². The highest BCUT2D eigenvalue weighted by Crippen LogP contribution is 2.34. The van der Waals surface area contributed by atoms with E-state index in [1.807, 2.05) is 0 Å². The van der Waals surface area contributed by atoms with E-state index in [9.17, 15) is 9.59 Å². The first-order chi connectivity index (χ1) is 14.7. The van der Waals surface area contributed by atoms with Crippen molar-refractivity contribution in [3.8, 4) is 11.3 Å². The van der Waals surface area contributed by atoms with Crippen LogP contribution in [0.5, 0.6) is 0 Å². The van der Waals surface area contributed by atoms with Gasteiger partial charge in [0.1, 0.15) is 11.8 Å². The molecular formula is C23H28FN3O4. The predicted octanol–water partition coefficient (Wildman–Crippen LogP) is 4.29. The molecule has 0 bridgehead atoms. The molecular weight excluding hydrogens is 401 g/mol. The molecule has 0 radical (unpaired) electrons. The highest BCUT2D eigenvalue weighted by Gasteiger charge is 2.44. The number of piperidine rings is 1. The summed E-state index contributed by atoms with van der Waals surface area (Å²) in [7, 11) is 0. The summed E-state index contributed by atoms with van der Waals surface area (Å²) in [5.74, 6) is 0.446. The monoisotopic (exact) mass is 429 g/mol. The zero-order valence-corrected chi connectivity index (χ0v) is 18.1. The summed E-state index contributed by atoms with van der Waals surface area (Å²) < 4.78 is 25.8. The molecule has 1 aliphatic heterocycles. The van der Waals surface area contributed by atoms with Gasteiger partial charge in [-0.15, -0.1) is 0 Å². The third-order valence-corrected chi connectivity index (χ3v) is 5.54. The number of amides is 2. The van der Waals surface area contributed by atoms with Crippen LogP contribution in [-0.2, 0) is 4.74 Å². The molecule has 1 aliphatic carbocycles. The minimum atomic E-state index is -1.32. The molecule has 2 amide bonds. The number of halogens is 1. The number of hydrogen-bond acceptors (Lipinski definition) is 5. The number of hydrogen-bond donors (Lipinski definition) is 0. The van der Waals surface area contributed by atoms with Crippen molar-refractivity contribution in [3.63, 3.8) is 0 Å². The number of oxazole rings is 1. The molecule has 0 N–H and O–H groups in total. The Labute approximate surface area is 181 Å². The Morgan fingerprint density at radius 3 is 2.45 bits per heavy atom. The van der Waals surface area contributed by atoms with Gasteiger partial charge in [0.25, 0.3) is 5.91 Å². The van der Waals surface area contributed by atoms with Crippen LogP contribution in [0.15, 0.2) is 41.3 Å². The number of likely N-dealkylation sites (tertiary alicyclic amines) is 1. The molecule has 1 aromatic carbocycles. The second-order valence-corrected chi connectivity index (χ2v) is 9.19. The molecule has 2 atom stereocenters. The topological polar surface area (TPSA) is 75.9 Å². The first kappa shape index (κ1) is 21.3. The van der Waals surface area contributed by atoms with Crippen LogP contribution in [0.2, 0.25) is 0 Å². The fourth-order valence-corrected chi connectivity index (χ4v) is 3.92. The van der Waals surface area contributed by atoms with Gasteiger partial charge in [-0.2, -0.15) is 0 Å². The van der Waals surface area contributed by atoms with E-state index < -0.39 is 23.9 Å². The molecule has 2 fully saturated rings. The number of nitrogens with zero attached hydrogens (tertiary/aromatic N) is 3. The standard InChI is InChI=1S/C23H28FN3O4/c1-23(2,3)31-22(29)26-11-10-19(18(24)13-26)27(17-8-9-17)21(28)16-6-4-15(5-7-16)20-12-25-14-30-20/h4-7,12,14,17-19H,8-11,13H2,1-3H3. The molecule has 1 aromatic heterocycles. The number of alkyl halides is 1. The SMILES string of the molecule is CC(C)(C)OC(=O)N1CCC(N(C(=O)c2ccc(-c3cnco3)cc2)C2CC2)C(F)C1. The van der Waals surface area contributed by atoms with Crippen LogP contribution >= 0.6 is 0 Å². The van der Waals surface area contributed by atoms with Crippen LogP contribution in [0.4, 0.5) is 9.18 Å². The van der Waals surface area contributed by atoms with Gasteiger partial charge in [0.2, 0.25) is 0 Å². The lowest BCUT2D eigenvalue weighted by Gasteiger charge is -2.41. The second kappa shape index (κ2) is 8.32. The lowest BCUT2D eigenvalue weighted by Crippen LogP contribution is -2.56. The van der Waals surface area contributed by atoms with Gasteiger partial charge in [-0.3, -0.25) is 4.79 Å². The van der Waals surface area contributed by atoms with Crippen molar-refractivity contribution in [3.05, 3.63) is 42.4 Å². The Morgan fingerprint density at radius 1 is 1.19 bits per heavy atom. The van der Waals surface area contributed by atoms with Gasteiger partial charge in [-0.1, -0.05) is 12.1 Å². The zero-order chi connectivity index (χ0) is 22.2. The first-order valence-corrected chi connectivity index (χ1v) is 10.7. The largest absolute Gasteiger partial charge is 0.444 e. The summed E-state index contributed by atoms with van der Waals surface area (Å²) in [5, 5.41) is 0. The third-order valence-electron chi connectivity index (χ3n) is 5.54. The van der Waals surface area contributed by atoms with Gasteiger partial charge < -0.3 is 19.0 Å². The molecule has 166 valence electrons. The number of benzene rings is 1. The smallest absolute Gasteiger partial charge is 0.410 e. The van der Waals surface area contributed by atoms with Gasteiger partial charge in [0, 0.05) is 23.7 Å². The third kappa shape index (κ3) is 4.89. The van der Waals surface area contributed by atoms with E-state index in [4.69, 9.17) is 9.15 Å². The molecule has 0 spiro atoms. The molecule has 1 saturated carbocycles. The van der Waals surface area contributed by atoms with Crippen molar-refractivity contribution in [2.75, 3.05) is 13.1 Å². The number of rotatable bonds is 4. The van der Waals surface area contributed by atoms with E-state index in [0.29, 0.717) is 24.3 Å². The lowest BCUT2D eigenvalue weighted by atomic mass is 9.99. The Morgan fingerprint density at radius 2 is 1.90 bits per heavy atom. The molecule has 8 heteroatoms. The average Bonchev–Trinajstić information content (AvgIpc) is 3.39. The summed E-state index contributed by atoms with van der Waals surface area (Å²) in [6.07, 6.45) is 3.27. The summed E-state index contributed by atoms with van der Waals surface area (Å²) in [6, 6.07) is 6.58. The maximum atomic E-state index is 15.2. The Kier molecular flexibility index (Phi) is 5.73. The van der Waals surface area contributed by atoms with E-state index in [-0.39, 0.29) is 18.5 Å². The van der Waals surface area contributed by atoms with Gasteiger partial charge >= 0.3 is 6.09 Å². The lowest BCUT2D eigenvalue weighted by molar-refractivity contribution is -0.00432. The minimum Gasteiger partial charge on any atom is -0.444 e. The van der Waals surface area contributed by atoms with Crippen molar-refractivity contribution in [2.24, 2.45) is 0 Å². The van der Waals surface area contributed by atoms with Crippen molar-refractivity contribution >= 4 is 12.0 Å². The Balaban J connectivity index is 1.45. The number of ether oxygens (including phenoxy) is 1. The molecule has 2 aromatic rings. The van der Waals surface area contributed by atoms with E-state index in [1.165, 1.54) is 11.3 Å². The van der Waals surface area contributed by atoms with Crippen LogP contribution in [0.1, 0.15) is 50.4 Å². The maximum absolute atomic E-state index is 15.2. The van der Waals surface area contributed by atoms with Crippen molar-refractivity contribution in [1.29, 1.82) is 0 Å². The predicted molar refractivity (Wildman–Crippen MR) is 112 cm³/mol. The number of carbonyl (C=O) groups excluding carboxylic acids is 2. The highest BCUT2D eigenvalue weighted by molar-refractivity contribution is 5.95.